The van der Waals surface area contributed by atoms with Gasteiger partial charge in [0.2, 0.25) is 0 Å². The van der Waals surface area contributed by atoms with Crippen LogP contribution in [0.4, 0.5) is 0 Å². The van der Waals surface area contributed by atoms with Crippen molar-refractivity contribution in [2.75, 3.05) is 5.75 Å². The van der Waals surface area contributed by atoms with Crippen molar-refractivity contribution >= 4 is 24.2 Å². The normalized spacial score (nSPS) is 10.2. The smallest absolute Gasteiger partial charge is 0.0279 e. The first-order valence-corrected chi connectivity index (χ1v) is 8.47. The summed E-state index contributed by atoms with van der Waals surface area (Å²) in [7, 11) is 0. The number of rotatable bonds is 10. The van der Waals surface area contributed by atoms with Crippen LogP contribution < -0.4 is 0 Å². The monoisotopic (exact) mass is 280 g/mol. The summed E-state index contributed by atoms with van der Waals surface area (Å²) in [6.07, 6.45) is 14.2. The largest absolute Gasteiger partial charge is 0.179 e. The van der Waals surface area contributed by atoms with Gasteiger partial charge in [-0.25, -0.2) is 0 Å². The minimum absolute atomic E-state index is 0.306. The molecule has 0 heterocycles. The fourth-order valence-electron chi connectivity index (χ4n) is 1.60. The molecule has 0 N–H and O–H groups in total. The van der Waals surface area contributed by atoms with Crippen molar-refractivity contribution < 1.29 is 0 Å². The van der Waals surface area contributed by atoms with E-state index in [9.17, 15) is 0 Å². The zero-order valence-corrected chi connectivity index (χ0v) is 13.8. The van der Waals surface area contributed by atoms with Crippen molar-refractivity contribution in [2.45, 2.75) is 90.4 Å². The standard InChI is InChI=1S/C12H26S.C3H7Cl/c1-2-3-4-5-6-7-8-9-10-11-12-13;1-3(2)4/h13H,2-12H2,1H3;3H,1-2H3. The second-order valence-corrected chi connectivity index (χ2v) is 6.24. The predicted octanol–water partition coefficient (Wildman–Crippen LogP) is 6.47. The molecule has 0 spiro atoms. The molecule has 0 rings (SSSR count). The Hall–Kier alpha value is 0.640. The average molecular weight is 281 g/mol. The highest BCUT2D eigenvalue weighted by molar-refractivity contribution is 7.80. The average Bonchev–Trinajstić information content (AvgIpc) is 2.26. The topological polar surface area (TPSA) is 0 Å². The molecule has 0 fully saturated rings. The fourth-order valence-corrected chi connectivity index (χ4v) is 1.82. The van der Waals surface area contributed by atoms with Gasteiger partial charge in [0.1, 0.15) is 0 Å². The summed E-state index contributed by atoms with van der Waals surface area (Å²) in [4.78, 5) is 0. The lowest BCUT2D eigenvalue weighted by molar-refractivity contribution is 0.563. The van der Waals surface area contributed by atoms with Crippen molar-refractivity contribution in [2.24, 2.45) is 0 Å². The van der Waals surface area contributed by atoms with Crippen LogP contribution in [0.3, 0.4) is 0 Å². The molecule has 17 heavy (non-hydrogen) atoms. The van der Waals surface area contributed by atoms with Gasteiger partial charge >= 0.3 is 0 Å². The molecule has 0 aromatic heterocycles. The lowest BCUT2D eigenvalue weighted by Gasteiger charge is -2.00. The molecule has 2 heteroatoms. The molecule has 0 aromatic rings. The highest BCUT2D eigenvalue weighted by atomic mass is 35.5. The van der Waals surface area contributed by atoms with E-state index in [4.69, 9.17) is 11.6 Å². The van der Waals surface area contributed by atoms with E-state index in [1.165, 1.54) is 64.2 Å². The fraction of sp³-hybridized carbons (Fsp3) is 1.00. The van der Waals surface area contributed by atoms with E-state index in [1.807, 2.05) is 13.8 Å². The van der Waals surface area contributed by atoms with Crippen LogP contribution in [0.1, 0.15) is 85.0 Å². The van der Waals surface area contributed by atoms with Gasteiger partial charge in [0.05, 0.1) is 0 Å². The van der Waals surface area contributed by atoms with E-state index in [-0.39, 0.29) is 0 Å². The summed E-state index contributed by atoms with van der Waals surface area (Å²) >= 11 is 9.48. The third-order valence-electron chi connectivity index (χ3n) is 2.51. The first-order valence-electron chi connectivity index (χ1n) is 7.40. The van der Waals surface area contributed by atoms with Crippen LogP contribution in [0.25, 0.3) is 0 Å². The van der Waals surface area contributed by atoms with Crippen molar-refractivity contribution in [3.63, 3.8) is 0 Å². The van der Waals surface area contributed by atoms with Gasteiger partial charge in [0.25, 0.3) is 0 Å². The Labute approximate surface area is 120 Å². The Morgan fingerprint density at radius 3 is 1.35 bits per heavy atom. The molecule has 0 aliphatic carbocycles. The first-order chi connectivity index (χ1) is 8.15. The zero-order valence-electron chi connectivity index (χ0n) is 12.2. The SMILES string of the molecule is CC(C)Cl.CCCCCCCCCCCCS. The molecule has 0 bridgehead atoms. The van der Waals surface area contributed by atoms with E-state index >= 15 is 0 Å². The van der Waals surface area contributed by atoms with E-state index in [0.29, 0.717) is 5.38 Å². The second kappa shape index (κ2) is 19.0. The third kappa shape index (κ3) is 31.5. The van der Waals surface area contributed by atoms with Crippen molar-refractivity contribution in [3.8, 4) is 0 Å². The van der Waals surface area contributed by atoms with Crippen LogP contribution in [0.5, 0.6) is 0 Å². The van der Waals surface area contributed by atoms with Crippen molar-refractivity contribution in [1.29, 1.82) is 0 Å². The van der Waals surface area contributed by atoms with Gasteiger partial charge in [-0.05, 0) is 26.0 Å². The molecule has 0 amide bonds. The molecule has 0 saturated heterocycles. The summed E-state index contributed by atoms with van der Waals surface area (Å²) in [5.74, 6) is 1.07. The van der Waals surface area contributed by atoms with Gasteiger partial charge < -0.3 is 0 Å². The molecule has 0 unspecified atom stereocenters. The summed E-state index contributed by atoms with van der Waals surface area (Å²) in [5.41, 5.74) is 0. The molecule has 0 aliphatic heterocycles. The Kier molecular flexibility index (Phi) is 22.3. The lowest BCUT2D eigenvalue weighted by Crippen LogP contribution is -1.81. The zero-order chi connectivity index (χ0) is 13.4. The third-order valence-corrected chi connectivity index (χ3v) is 2.83. The number of thiol groups is 1. The maximum Gasteiger partial charge on any atom is 0.0279 e. The van der Waals surface area contributed by atoms with Gasteiger partial charge in [-0.15, -0.1) is 11.6 Å². The van der Waals surface area contributed by atoms with Gasteiger partial charge in [-0.2, -0.15) is 12.6 Å². The number of unbranched alkanes of at least 4 members (excludes halogenated alkanes) is 9. The molecule has 0 nitrogen and oxygen atoms in total. The quantitative estimate of drug-likeness (QED) is 0.265. The van der Waals surface area contributed by atoms with E-state index < -0.39 is 0 Å². The molecule has 0 aromatic carbocycles. The summed E-state index contributed by atoms with van der Waals surface area (Å²) in [6.45, 7) is 6.14. The first kappa shape index (κ1) is 20.0. The van der Waals surface area contributed by atoms with Crippen LogP contribution in [0.15, 0.2) is 0 Å². The number of hydrogen-bond donors (Lipinski definition) is 1. The minimum atomic E-state index is 0.306. The van der Waals surface area contributed by atoms with Crippen LogP contribution in [0.2, 0.25) is 0 Å². The molecular weight excluding hydrogens is 248 g/mol. The highest BCUT2D eigenvalue weighted by Crippen LogP contribution is 2.10. The van der Waals surface area contributed by atoms with Gasteiger partial charge in [0.15, 0.2) is 0 Å². The highest BCUT2D eigenvalue weighted by Gasteiger charge is 1.91. The summed E-state index contributed by atoms with van der Waals surface area (Å²) in [5, 5.41) is 0.306. The number of halogens is 1. The Balaban J connectivity index is 0. The summed E-state index contributed by atoms with van der Waals surface area (Å²) < 4.78 is 0. The molecule has 0 radical (unpaired) electrons. The molecular formula is C15H33ClS. The molecule has 0 saturated carbocycles. The second-order valence-electron chi connectivity index (χ2n) is 4.92. The molecule has 106 valence electrons. The predicted molar refractivity (Wildman–Crippen MR) is 86.7 cm³/mol. The number of hydrogen-bond acceptors (Lipinski definition) is 1. The van der Waals surface area contributed by atoms with Crippen LogP contribution in [-0.4, -0.2) is 11.1 Å². The molecule has 0 atom stereocenters. The lowest BCUT2D eigenvalue weighted by atomic mass is 10.1. The maximum atomic E-state index is 5.27. The van der Waals surface area contributed by atoms with Crippen molar-refractivity contribution in [1.82, 2.24) is 0 Å². The van der Waals surface area contributed by atoms with Gasteiger partial charge in [-0.3, -0.25) is 0 Å². The van der Waals surface area contributed by atoms with Gasteiger partial charge in [-0.1, -0.05) is 64.7 Å². The Bertz CT molecular complexity index is 103. The minimum Gasteiger partial charge on any atom is -0.179 e. The van der Waals surface area contributed by atoms with Crippen LogP contribution in [0, 0.1) is 0 Å². The number of alkyl halides is 1. The van der Waals surface area contributed by atoms with Crippen LogP contribution >= 0.6 is 24.2 Å². The Morgan fingerprint density at radius 1 is 0.765 bits per heavy atom. The van der Waals surface area contributed by atoms with Crippen molar-refractivity contribution in [3.05, 3.63) is 0 Å². The maximum absolute atomic E-state index is 5.27. The van der Waals surface area contributed by atoms with Crippen LogP contribution in [-0.2, 0) is 0 Å². The Morgan fingerprint density at radius 2 is 1.06 bits per heavy atom. The molecule has 0 aliphatic rings. The van der Waals surface area contributed by atoms with Gasteiger partial charge in [0, 0.05) is 5.38 Å². The van der Waals surface area contributed by atoms with E-state index in [1.54, 1.807) is 0 Å². The van der Waals surface area contributed by atoms with E-state index in [0.717, 1.165) is 5.75 Å². The van der Waals surface area contributed by atoms with E-state index in [2.05, 4.69) is 19.6 Å². The summed E-state index contributed by atoms with van der Waals surface area (Å²) in [6, 6.07) is 0.